The molecule has 0 saturated carbocycles. The number of nitrogens with zero attached hydrogens (tertiary/aromatic N) is 4. The summed E-state index contributed by atoms with van der Waals surface area (Å²) < 4.78 is 12.8. The molecule has 15 rings (SSSR count). The topological polar surface area (TPSA) is 70.0 Å². The van der Waals surface area contributed by atoms with E-state index in [-0.39, 0.29) is 11.2 Å². The minimum absolute atomic E-state index is 0.381. The summed E-state index contributed by atoms with van der Waals surface area (Å²) in [6.07, 6.45) is 0. The normalized spacial score (nSPS) is 13.2. The number of benzene rings is 10. The monoisotopic (exact) mass is 1190 g/mol. The van der Waals surface area contributed by atoms with Crippen molar-refractivity contribution in [2.75, 3.05) is 0 Å². The lowest BCUT2D eigenvalue weighted by atomic mass is 9.76. The molecule has 14 aromatic rings. The Labute approximate surface area is 533 Å². The van der Waals surface area contributed by atoms with Crippen LogP contribution in [0, 0.1) is 27.7 Å². The van der Waals surface area contributed by atoms with E-state index >= 15 is 0 Å². The molecule has 5 heterocycles. The van der Waals surface area contributed by atoms with E-state index in [1.54, 1.807) is 0 Å². The van der Waals surface area contributed by atoms with Gasteiger partial charge in [0.05, 0.1) is 38.3 Å². The highest BCUT2D eigenvalue weighted by Crippen LogP contribution is 2.41. The van der Waals surface area contributed by atoms with Gasteiger partial charge >= 0.3 is 7.12 Å². The van der Waals surface area contributed by atoms with Gasteiger partial charge in [-0.25, -0.2) is 0 Å². The largest absolute Gasteiger partial charge is 0.494 e. The molecule has 10 aromatic carbocycles. The molecule has 1 fully saturated rings. The fraction of sp³-hybridized carbons (Fsp3) is 0.122. The van der Waals surface area contributed by atoms with Crippen molar-refractivity contribution >= 4 is 67.8 Å². The van der Waals surface area contributed by atoms with Crippen LogP contribution in [0.1, 0.15) is 50.5 Å². The second-order valence-electron chi connectivity index (χ2n) is 24.4. The number of aryl methyl sites for hydroxylation is 4. The SMILES string of the molecule is CC1(C)OB(c2cc(-c3ccccc3)cc(-c3cccc(-c4ccccc4)c3)c2)OC1(C)C.Cc1ccc2ccc3c(-c4cc(-c5ccccc5)cc(-c5cccc(-c6ccccc6)c5)c4)cc(C)nc3c2n1.Cc1ccc2ccc3c(Cl)cc(C)nc3c2n1. The Hall–Kier alpha value is -9.89. The molecule has 438 valence electrons. The number of rotatable bonds is 8. The average Bonchev–Trinajstić information content (AvgIpc) is 1.37. The first-order chi connectivity index (χ1) is 43.6. The number of hydrogen-bond acceptors (Lipinski definition) is 6. The highest BCUT2D eigenvalue weighted by Gasteiger charge is 2.52. The Morgan fingerprint density at radius 2 is 0.611 bits per heavy atom. The maximum absolute atomic E-state index is 6.40. The highest BCUT2D eigenvalue weighted by molar-refractivity contribution is 6.62. The number of pyridine rings is 4. The third-order valence-corrected chi connectivity index (χ3v) is 17.6. The van der Waals surface area contributed by atoms with Crippen LogP contribution in [0.15, 0.2) is 267 Å². The molecule has 8 heteroatoms. The molecule has 0 bridgehead atoms. The van der Waals surface area contributed by atoms with E-state index in [0.717, 1.165) is 88.0 Å². The van der Waals surface area contributed by atoms with Gasteiger partial charge in [0.25, 0.3) is 0 Å². The molecule has 4 aromatic heterocycles. The van der Waals surface area contributed by atoms with Crippen LogP contribution in [-0.2, 0) is 9.31 Å². The van der Waals surface area contributed by atoms with Crippen molar-refractivity contribution < 1.29 is 9.31 Å². The summed E-state index contributed by atoms with van der Waals surface area (Å²) in [6, 6.07) is 94.1. The van der Waals surface area contributed by atoms with Gasteiger partial charge in [-0.1, -0.05) is 218 Å². The van der Waals surface area contributed by atoms with E-state index < -0.39 is 7.12 Å². The van der Waals surface area contributed by atoms with Gasteiger partial charge < -0.3 is 9.31 Å². The van der Waals surface area contributed by atoms with Crippen LogP contribution in [0.2, 0.25) is 5.02 Å². The van der Waals surface area contributed by atoms with Crippen LogP contribution in [0.4, 0.5) is 0 Å². The van der Waals surface area contributed by atoms with Crippen LogP contribution >= 0.6 is 11.6 Å². The minimum Gasteiger partial charge on any atom is -0.399 e. The van der Waals surface area contributed by atoms with Gasteiger partial charge in [-0.3, -0.25) is 19.9 Å². The van der Waals surface area contributed by atoms with E-state index in [1.165, 1.54) is 66.8 Å². The summed E-state index contributed by atoms with van der Waals surface area (Å²) >= 11 is 6.23. The number of fused-ring (bicyclic) bond motifs is 6. The van der Waals surface area contributed by atoms with Gasteiger partial charge in [0.1, 0.15) is 0 Å². The predicted molar refractivity (Wildman–Crippen MR) is 378 cm³/mol. The lowest BCUT2D eigenvalue weighted by Gasteiger charge is -2.32. The van der Waals surface area contributed by atoms with Gasteiger partial charge in [0, 0.05) is 44.3 Å². The minimum atomic E-state index is -0.408. The molecule has 0 N–H and O–H groups in total. The zero-order chi connectivity index (χ0) is 62.1. The molecule has 6 nitrogen and oxygen atoms in total. The molecular formula is C82H68BClN4O2. The molecule has 1 aliphatic heterocycles. The number of aromatic nitrogens is 4. The van der Waals surface area contributed by atoms with Crippen molar-refractivity contribution in [3.8, 4) is 77.9 Å². The molecule has 1 saturated heterocycles. The van der Waals surface area contributed by atoms with Crippen molar-refractivity contribution in [1.82, 2.24) is 19.9 Å². The van der Waals surface area contributed by atoms with Crippen molar-refractivity contribution in [3.63, 3.8) is 0 Å². The van der Waals surface area contributed by atoms with Crippen LogP contribution in [-0.4, -0.2) is 38.3 Å². The molecule has 0 spiro atoms. The third-order valence-electron chi connectivity index (χ3n) is 17.3. The zero-order valence-electron chi connectivity index (χ0n) is 52.0. The summed E-state index contributed by atoms with van der Waals surface area (Å²) in [5, 5.41) is 5.02. The van der Waals surface area contributed by atoms with Gasteiger partial charge in [0.2, 0.25) is 0 Å². The molecule has 90 heavy (non-hydrogen) atoms. The van der Waals surface area contributed by atoms with E-state index in [4.69, 9.17) is 30.9 Å². The lowest BCUT2D eigenvalue weighted by molar-refractivity contribution is 0.00578. The average molecular weight is 1190 g/mol. The first-order valence-corrected chi connectivity index (χ1v) is 31.1. The predicted octanol–water partition coefficient (Wildman–Crippen LogP) is 21.1. The maximum atomic E-state index is 6.40. The Morgan fingerprint density at radius 3 is 1.08 bits per heavy atom. The Morgan fingerprint density at radius 1 is 0.289 bits per heavy atom. The Bertz CT molecular complexity index is 4950. The summed E-state index contributed by atoms with van der Waals surface area (Å²) in [6.45, 7) is 16.4. The van der Waals surface area contributed by atoms with E-state index in [2.05, 4.69) is 275 Å². The van der Waals surface area contributed by atoms with Gasteiger partial charge in [-0.05, 0) is 199 Å². The second-order valence-corrected chi connectivity index (χ2v) is 24.8. The Balaban J connectivity index is 0.000000133. The van der Waals surface area contributed by atoms with Gasteiger partial charge in [0.15, 0.2) is 0 Å². The second kappa shape index (κ2) is 24.9. The fourth-order valence-electron chi connectivity index (χ4n) is 11.9. The summed E-state index contributed by atoms with van der Waals surface area (Å²) in [4.78, 5) is 19.0. The van der Waals surface area contributed by atoms with Crippen molar-refractivity contribution in [1.29, 1.82) is 0 Å². The standard InChI is InChI=1S/C38H28N2.C30H29BO2.C14H11ClN2/c1-25-16-17-29-18-19-35-36(20-26(2)40-38(35)37(29)39-25)34-23-32(28-12-7-4-8-13-28)22-33(24-34)31-15-9-14-30(21-31)27-10-5-3-6-11-27;1-29(2)30(3,4)33-31(32-29)28-20-26(23-14-9-6-10-15-23)19-27(21-28)25-17-11-16-24(18-25)22-12-7-5-8-13-22;1-8-3-4-10-5-6-11-12(15)7-9(2)17-14(11)13(10)16-8/h3-24H,1-2H3;5-21H,1-4H3;3-7H,1-2H3. The quantitative estimate of drug-likeness (QED) is 0.112. The highest BCUT2D eigenvalue weighted by atomic mass is 35.5. The summed E-state index contributed by atoms with van der Waals surface area (Å²) in [5.41, 5.74) is 24.5. The first kappa shape index (κ1) is 59.1. The molecular weight excluding hydrogens is 1120 g/mol. The third kappa shape index (κ3) is 12.5. The molecule has 0 aliphatic carbocycles. The molecule has 0 radical (unpaired) electrons. The van der Waals surface area contributed by atoms with Gasteiger partial charge in [-0.2, -0.15) is 0 Å². The van der Waals surface area contributed by atoms with Crippen molar-refractivity contribution in [3.05, 3.63) is 295 Å². The van der Waals surface area contributed by atoms with Crippen LogP contribution < -0.4 is 5.46 Å². The van der Waals surface area contributed by atoms with E-state index in [1.807, 2.05) is 57.2 Å². The first-order valence-electron chi connectivity index (χ1n) is 30.7. The fourth-order valence-corrected chi connectivity index (χ4v) is 12.2. The number of halogens is 1. The molecule has 0 amide bonds. The molecule has 1 aliphatic rings. The number of hydrogen-bond donors (Lipinski definition) is 0. The zero-order valence-corrected chi connectivity index (χ0v) is 52.7. The summed E-state index contributed by atoms with van der Waals surface area (Å²) in [7, 11) is -0.408. The van der Waals surface area contributed by atoms with Crippen LogP contribution in [0.5, 0.6) is 0 Å². The van der Waals surface area contributed by atoms with Gasteiger partial charge in [-0.15, -0.1) is 0 Å². The van der Waals surface area contributed by atoms with E-state index in [9.17, 15) is 0 Å². The van der Waals surface area contributed by atoms with E-state index in [0.29, 0.717) is 0 Å². The lowest BCUT2D eigenvalue weighted by Crippen LogP contribution is -2.41. The van der Waals surface area contributed by atoms with Crippen LogP contribution in [0.25, 0.3) is 122 Å². The van der Waals surface area contributed by atoms with Crippen LogP contribution in [0.3, 0.4) is 0 Å². The smallest absolute Gasteiger partial charge is 0.399 e. The maximum Gasteiger partial charge on any atom is 0.494 e. The molecule has 0 atom stereocenters. The van der Waals surface area contributed by atoms with Crippen molar-refractivity contribution in [2.45, 2.75) is 66.6 Å². The summed E-state index contributed by atoms with van der Waals surface area (Å²) in [5.74, 6) is 0. The molecule has 0 unspecified atom stereocenters. The Kier molecular flexibility index (Phi) is 16.4. The van der Waals surface area contributed by atoms with Crippen molar-refractivity contribution in [2.24, 2.45) is 0 Å².